The molecule has 0 amide bonds. The predicted molar refractivity (Wildman–Crippen MR) is 77.7 cm³/mol. The third-order valence-electron chi connectivity index (χ3n) is 2.92. The summed E-state index contributed by atoms with van der Waals surface area (Å²) in [5.74, 6) is 1.25. The summed E-state index contributed by atoms with van der Waals surface area (Å²) in [5, 5.41) is 10.4. The number of halogens is 1. The standard InChI is InChI=1S/C15H15BrO3/c1-18-13-8-7-10(9-14(13)19-2)15(17)11-5-3-4-6-12(11)16/h3-9,15,17H,1-2H3. The van der Waals surface area contributed by atoms with Crippen LogP contribution in [0.5, 0.6) is 11.5 Å². The van der Waals surface area contributed by atoms with Crippen LogP contribution in [0.2, 0.25) is 0 Å². The maximum absolute atomic E-state index is 10.4. The molecule has 0 aliphatic carbocycles. The van der Waals surface area contributed by atoms with Gasteiger partial charge >= 0.3 is 0 Å². The lowest BCUT2D eigenvalue weighted by Crippen LogP contribution is -2.01. The van der Waals surface area contributed by atoms with Gasteiger partial charge in [-0.05, 0) is 29.3 Å². The topological polar surface area (TPSA) is 38.7 Å². The van der Waals surface area contributed by atoms with Crippen LogP contribution in [0.1, 0.15) is 17.2 Å². The Morgan fingerprint density at radius 1 is 1.00 bits per heavy atom. The molecule has 0 saturated heterocycles. The third-order valence-corrected chi connectivity index (χ3v) is 3.65. The number of aliphatic hydroxyl groups is 1. The molecule has 19 heavy (non-hydrogen) atoms. The second-order valence-corrected chi connectivity index (χ2v) is 4.89. The number of hydrogen-bond acceptors (Lipinski definition) is 3. The van der Waals surface area contributed by atoms with Crippen molar-refractivity contribution in [3.05, 3.63) is 58.1 Å². The minimum absolute atomic E-state index is 0.603. The fourth-order valence-corrected chi connectivity index (χ4v) is 2.40. The normalized spacial score (nSPS) is 12.0. The second-order valence-electron chi connectivity index (χ2n) is 4.04. The molecule has 2 aromatic rings. The van der Waals surface area contributed by atoms with Gasteiger partial charge in [0.25, 0.3) is 0 Å². The molecule has 0 aliphatic heterocycles. The Balaban J connectivity index is 2.39. The summed E-state index contributed by atoms with van der Waals surface area (Å²) in [5.41, 5.74) is 1.57. The molecule has 0 heterocycles. The van der Waals surface area contributed by atoms with Gasteiger partial charge in [0.15, 0.2) is 11.5 Å². The molecule has 1 N–H and O–H groups in total. The highest BCUT2D eigenvalue weighted by Crippen LogP contribution is 2.34. The van der Waals surface area contributed by atoms with Crippen LogP contribution in [0.4, 0.5) is 0 Å². The first-order chi connectivity index (χ1) is 9.17. The van der Waals surface area contributed by atoms with Crippen LogP contribution in [-0.4, -0.2) is 19.3 Å². The smallest absolute Gasteiger partial charge is 0.161 e. The average Bonchev–Trinajstić information content (AvgIpc) is 2.46. The van der Waals surface area contributed by atoms with Gasteiger partial charge in [0, 0.05) is 4.47 Å². The van der Waals surface area contributed by atoms with E-state index in [1.165, 1.54) is 0 Å². The Bertz CT molecular complexity index is 569. The van der Waals surface area contributed by atoms with Crippen molar-refractivity contribution in [1.29, 1.82) is 0 Å². The SMILES string of the molecule is COc1ccc(C(O)c2ccccc2Br)cc1OC. The first kappa shape index (κ1) is 13.9. The van der Waals surface area contributed by atoms with E-state index in [0.29, 0.717) is 11.5 Å². The lowest BCUT2D eigenvalue weighted by Gasteiger charge is -2.15. The van der Waals surface area contributed by atoms with Gasteiger partial charge in [-0.3, -0.25) is 0 Å². The zero-order chi connectivity index (χ0) is 13.8. The monoisotopic (exact) mass is 322 g/mol. The highest BCUT2D eigenvalue weighted by atomic mass is 79.9. The lowest BCUT2D eigenvalue weighted by molar-refractivity contribution is 0.218. The van der Waals surface area contributed by atoms with Crippen molar-refractivity contribution in [2.45, 2.75) is 6.10 Å². The van der Waals surface area contributed by atoms with Crippen molar-refractivity contribution < 1.29 is 14.6 Å². The Labute approximate surface area is 120 Å². The summed E-state index contributed by atoms with van der Waals surface area (Å²) >= 11 is 3.44. The molecule has 0 bridgehead atoms. The summed E-state index contributed by atoms with van der Waals surface area (Å²) in [6, 6.07) is 13.0. The van der Waals surface area contributed by atoms with E-state index in [-0.39, 0.29) is 0 Å². The maximum atomic E-state index is 10.4. The molecule has 1 atom stereocenters. The fraction of sp³-hybridized carbons (Fsp3) is 0.200. The van der Waals surface area contributed by atoms with Gasteiger partial charge in [-0.15, -0.1) is 0 Å². The van der Waals surface area contributed by atoms with Crippen molar-refractivity contribution in [1.82, 2.24) is 0 Å². The summed E-state index contributed by atoms with van der Waals surface area (Å²) in [6.45, 7) is 0. The first-order valence-corrected chi connectivity index (χ1v) is 6.61. The van der Waals surface area contributed by atoms with E-state index in [1.54, 1.807) is 26.4 Å². The number of benzene rings is 2. The summed E-state index contributed by atoms with van der Waals surface area (Å²) in [6.07, 6.45) is -0.713. The molecule has 2 aromatic carbocycles. The summed E-state index contributed by atoms with van der Waals surface area (Å²) < 4.78 is 11.3. The average molecular weight is 323 g/mol. The zero-order valence-corrected chi connectivity index (χ0v) is 12.3. The van der Waals surface area contributed by atoms with Crippen LogP contribution in [0.25, 0.3) is 0 Å². The molecular weight excluding hydrogens is 308 g/mol. The van der Waals surface area contributed by atoms with Crippen LogP contribution < -0.4 is 9.47 Å². The molecule has 0 radical (unpaired) electrons. The maximum Gasteiger partial charge on any atom is 0.161 e. The highest BCUT2D eigenvalue weighted by molar-refractivity contribution is 9.10. The summed E-state index contributed by atoms with van der Waals surface area (Å²) in [4.78, 5) is 0. The Morgan fingerprint density at radius 3 is 2.32 bits per heavy atom. The van der Waals surface area contributed by atoms with E-state index in [2.05, 4.69) is 15.9 Å². The third kappa shape index (κ3) is 2.91. The Kier molecular flexibility index (Phi) is 4.45. The van der Waals surface area contributed by atoms with Gasteiger partial charge in [0.1, 0.15) is 6.10 Å². The van der Waals surface area contributed by atoms with Crippen molar-refractivity contribution in [3.63, 3.8) is 0 Å². The molecule has 100 valence electrons. The zero-order valence-electron chi connectivity index (χ0n) is 10.8. The molecule has 4 heteroatoms. The van der Waals surface area contributed by atoms with E-state index in [1.807, 2.05) is 30.3 Å². The van der Waals surface area contributed by atoms with Crippen molar-refractivity contribution in [2.24, 2.45) is 0 Å². The highest BCUT2D eigenvalue weighted by Gasteiger charge is 2.15. The quantitative estimate of drug-likeness (QED) is 0.935. The minimum atomic E-state index is -0.713. The lowest BCUT2D eigenvalue weighted by atomic mass is 10.0. The minimum Gasteiger partial charge on any atom is -0.493 e. The van der Waals surface area contributed by atoms with Crippen LogP contribution in [0, 0.1) is 0 Å². The van der Waals surface area contributed by atoms with Crippen molar-refractivity contribution in [3.8, 4) is 11.5 Å². The Morgan fingerprint density at radius 2 is 1.68 bits per heavy atom. The van der Waals surface area contributed by atoms with Crippen molar-refractivity contribution in [2.75, 3.05) is 14.2 Å². The van der Waals surface area contributed by atoms with Crippen LogP contribution in [0.15, 0.2) is 46.9 Å². The van der Waals surface area contributed by atoms with Gasteiger partial charge in [-0.1, -0.05) is 40.2 Å². The largest absolute Gasteiger partial charge is 0.493 e. The van der Waals surface area contributed by atoms with E-state index in [0.717, 1.165) is 15.6 Å². The fourth-order valence-electron chi connectivity index (χ4n) is 1.90. The van der Waals surface area contributed by atoms with Gasteiger partial charge in [0.2, 0.25) is 0 Å². The molecule has 0 fully saturated rings. The molecule has 0 saturated carbocycles. The van der Waals surface area contributed by atoms with Gasteiger partial charge < -0.3 is 14.6 Å². The van der Waals surface area contributed by atoms with Crippen LogP contribution in [0.3, 0.4) is 0 Å². The van der Waals surface area contributed by atoms with E-state index < -0.39 is 6.10 Å². The van der Waals surface area contributed by atoms with Gasteiger partial charge in [-0.2, -0.15) is 0 Å². The number of aliphatic hydroxyl groups excluding tert-OH is 1. The number of methoxy groups -OCH3 is 2. The first-order valence-electron chi connectivity index (χ1n) is 5.81. The molecule has 2 rings (SSSR count). The number of ether oxygens (including phenoxy) is 2. The second kappa shape index (κ2) is 6.08. The van der Waals surface area contributed by atoms with Gasteiger partial charge in [0.05, 0.1) is 14.2 Å². The van der Waals surface area contributed by atoms with E-state index >= 15 is 0 Å². The van der Waals surface area contributed by atoms with Crippen LogP contribution >= 0.6 is 15.9 Å². The molecule has 3 nitrogen and oxygen atoms in total. The van der Waals surface area contributed by atoms with E-state index in [9.17, 15) is 5.11 Å². The molecule has 0 spiro atoms. The molecule has 1 unspecified atom stereocenters. The molecule has 0 aliphatic rings. The van der Waals surface area contributed by atoms with Gasteiger partial charge in [-0.25, -0.2) is 0 Å². The summed E-state index contributed by atoms with van der Waals surface area (Å²) in [7, 11) is 3.16. The predicted octanol–water partition coefficient (Wildman–Crippen LogP) is 3.55. The van der Waals surface area contributed by atoms with Crippen molar-refractivity contribution >= 4 is 15.9 Å². The van der Waals surface area contributed by atoms with Crippen LogP contribution in [-0.2, 0) is 0 Å². The molecular formula is C15H15BrO3. The number of hydrogen-bond donors (Lipinski definition) is 1. The number of rotatable bonds is 4. The Hall–Kier alpha value is -1.52. The molecule has 0 aromatic heterocycles. The van der Waals surface area contributed by atoms with E-state index in [4.69, 9.17) is 9.47 Å².